The van der Waals surface area contributed by atoms with Gasteiger partial charge in [0.05, 0.1) is 12.2 Å². The third-order valence-electron chi connectivity index (χ3n) is 5.10. The van der Waals surface area contributed by atoms with Crippen LogP contribution in [0.2, 0.25) is 0 Å². The van der Waals surface area contributed by atoms with Gasteiger partial charge in [0.2, 0.25) is 0 Å². The molecule has 0 radical (unpaired) electrons. The summed E-state index contributed by atoms with van der Waals surface area (Å²) in [6, 6.07) is 2.97. The number of aromatic nitrogens is 2. The van der Waals surface area contributed by atoms with Crippen molar-refractivity contribution in [3.8, 4) is 0 Å². The van der Waals surface area contributed by atoms with Gasteiger partial charge in [0.1, 0.15) is 4.88 Å². The van der Waals surface area contributed by atoms with E-state index in [0.717, 1.165) is 16.6 Å². The summed E-state index contributed by atoms with van der Waals surface area (Å²) in [7, 11) is 0. The first kappa shape index (κ1) is 18.1. The van der Waals surface area contributed by atoms with E-state index in [1.54, 1.807) is 11.0 Å². The average molecular weight is 397 g/mol. The molecule has 1 amide bonds. The number of carboxylic acids is 1. The van der Waals surface area contributed by atoms with Gasteiger partial charge >= 0.3 is 12.5 Å². The third kappa shape index (κ3) is 3.12. The molecule has 27 heavy (non-hydrogen) atoms. The summed E-state index contributed by atoms with van der Waals surface area (Å²) in [6.45, 7) is -1.50. The smallest absolute Gasteiger partial charge is 0.345 e. The number of hydrogen-bond donors (Lipinski definition) is 1. The Hall–Kier alpha value is -2.33. The highest BCUT2D eigenvalue weighted by atomic mass is 32.1. The van der Waals surface area contributed by atoms with E-state index in [-0.39, 0.29) is 5.69 Å². The van der Waals surface area contributed by atoms with Gasteiger partial charge in [-0.3, -0.25) is 4.79 Å². The number of nitrogens with zero attached hydrogens (tertiary/aromatic N) is 3. The molecular weight excluding hydrogens is 380 g/mol. The Kier molecular flexibility index (Phi) is 4.47. The second-order valence-electron chi connectivity index (χ2n) is 6.60. The van der Waals surface area contributed by atoms with Crippen LogP contribution in [0.5, 0.6) is 0 Å². The standard InChI is InChI=1S/C17H17F2N3O4S/c18-16(19)22-5-1-11(20-22)14(23)21-6-3-17(4-7-21)10-9-13(15(24)25)27-12(10)2-8-26-17/h1,5,9,16H,2-4,6-8H2,(H,24,25). The number of carbonyl (C=O) groups is 2. The monoisotopic (exact) mass is 397 g/mol. The van der Waals surface area contributed by atoms with Crippen molar-refractivity contribution in [3.63, 3.8) is 0 Å². The van der Waals surface area contributed by atoms with Gasteiger partial charge in [0.25, 0.3) is 5.91 Å². The van der Waals surface area contributed by atoms with Crippen molar-refractivity contribution >= 4 is 23.2 Å². The highest BCUT2D eigenvalue weighted by Crippen LogP contribution is 2.44. The number of aromatic carboxylic acids is 1. The number of likely N-dealkylation sites (tertiary alicyclic amines) is 1. The van der Waals surface area contributed by atoms with Crippen LogP contribution in [0.1, 0.15) is 50.0 Å². The highest BCUT2D eigenvalue weighted by molar-refractivity contribution is 7.14. The molecule has 2 aromatic rings. The lowest BCUT2D eigenvalue weighted by atomic mass is 9.82. The summed E-state index contributed by atoms with van der Waals surface area (Å²) >= 11 is 1.28. The number of rotatable bonds is 3. The molecule has 1 N–H and O–H groups in total. The zero-order valence-corrected chi connectivity index (χ0v) is 15.0. The molecule has 2 aliphatic rings. The first-order valence-electron chi connectivity index (χ1n) is 8.53. The molecule has 2 aromatic heterocycles. The van der Waals surface area contributed by atoms with Gasteiger partial charge in [-0.2, -0.15) is 13.9 Å². The summed E-state index contributed by atoms with van der Waals surface area (Å²) in [4.78, 5) is 26.7. The summed E-state index contributed by atoms with van der Waals surface area (Å²) in [5.41, 5.74) is 0.307. The number of carbonyl (C=O) groups excluding carboxylic acids is 1. The molecule has 0 saturated carbocycles. The SMILES string of the molecule is O=C(O)c1cc2c(s1)CCOC21CCN(C(=O)c2ccn(C(F)F)n2)CC1. The topological polar surface area (TPSA) is 84.7 Å². The lowest BCUT2D eigenvalue weighted by Crippen LogP contribution is -2.48. The number of carboxylic acid groups (broad SMARTS) is 1. The molecule has 1 saturated heterocycles. The zero-order valence-electron chi connectivity index (χ0n) is 14.2. The van der Waals surface area contributed by atoms with Crippen LogP contribution in [-0.2, 0) is 16.8 Å². The largest absolute Gasteiger partial charge is 0.477 e. The van der Waals surface area contributed by atoms with Crippen LogP contribution < -0.4 is 0 Å². The van der Waals surface area contributed by atoms with Crippen molar-refractivity contribution in [2.75, 3.05) is 19.7 Å². The Balaban J connectivity index is 1.50. The van der Waals surface area contributed by atoms with Crippen LogP contribution in [0.3, 0.4) is 0 Å². The van der Waals surface area contributed by atoms with Crippen molar-refractivity contribution in [1.29, 1.82) is 0 Å². The quantitative estimate of drug-likeness (QED) is 0.861. The minimum Gasteiger partial charge on any atom is -0.477 e. The first-order valence-corrected chi connectivity index (χ1v) is 9.34. The summed E-state index contributed by atoms with van der Waals surface area (Å²) < 4.78 is 31.8. The van der Waals surface area contributed by atoms with E-state index >= 15 is 0 Å². The molecule has 0 bridgehead atoms. The van der Waals surface area contributed by atoms with Gasteiger partial charge in [0, 0.05) is 30.6 Å². The fourth-order valence-electron chi connectivity index (χ4n) is 3.73. The molecule has 144 valence electrons. The van der Waals surface area contributed by atoms with Gasteiger partial charge in [0.15, 0.2) is 5.69 Å². The van der Waals surface area contributed by atoms with Gasteiger partial charge < -0.3 is 14.7 Å². The molecule has 0 aliphatic carbocycles. The minimum atomic E-state index is -2.78. The molecule has 2 aliphatic heterocycles. The van der Waals surface area contributed by atoms with Crippen molar-refractivity contribution < 1.29 is 28.2 Å². The van der Waals surface area contributed by atoms with Crippen molar-refractivity contribution in [1.82, 2.24) is 14.7 Å². The van der Waals surface area contributed by atoms with Gasteiger partial charge in [-0.25, -0.2) is 9.48 Å². The van der Waals surface area contributed by atoms with Crippen LogP contribution >= 0.6 is 11.3 Å². The average Bonchev–Trinajstić information content (AvgIpc) is 3.30. The van der Waals surface area contributed by atoms with Crippen LogP contribution in [0.4, 0.5) is 8.78 Å². The van der Waals surface area contributed by atoms with Crippen molar-refractivity contribution in [2.24, 2.45) is 0 Å². The molecule has 1 fully saturated rings. The maximum absolute atomic E-state index is 12.6. The third-order valence-corrected chi connectivity index (χ3v) is 6.29. The fourth-order valence-corrected chi connectivity index (χ4v) is 4.80. The first-order chi connectivity index (χ1) is 12.9. The maximum Gasteiger partial charge on any atom is 0.345 e. The van der Waals surface area contributed by atoms with E-state index in [4.69, 9.17) is 4.74 Å². The molecule has 1 spiro atoms. The second kappa shape index (κ2) is 6.68. The summed E-state index contributed by atoms with van der Waals surface area (Å²) in [6.07, 6.45) is 2.82. The van der Waals surface area contributed by atoms with Crippen molar-refractivity contribution in [3.05, 3.63) is 39.3 Å². The van der Waals surface area contributed by atoms with Crippen molar-refractivity contribution in [2.45, 2.75) is 31.4 Å². The van der Waals surface area contributed by atoms with E-state index in [1.807, 2.05) is 0 Å². The van der Waals surface area contributed by atoms with Gasteiger partial charge in [-0.15, -0.1) is 11.3 Å². The Bertz CT molecular complexity index is 887. The van der Waals surface area contributed by atoms with Crippen LogP contribution in [0, 0.1) is 0 Å². The number of halogens is 2. The number of hydrogen-bond acceptors (Lipinski definition) is 5. The Labute approximate surface area is 157 Å². The number of alkyl halides is 2. The number of fused-ring (bicyclic) bond motifs is 2. The lowest BCUT2D eigenvalue weighted by Gasteiger charge is -2.43. The fraction of sp³-hybridized carbons (Fsp3) is 0.471. The van der Waals surface area contributed by atoms with Gasteiger partial charge in [-0.1, -0.05) is 0 Å². The predicted molar refractivity (Wildman–Crippen MR) is 91.2 cm³/mol. The molecule has 0 unspecified atom stereocenters. The Morgan fingerprint density at radius 1 is 1.33 bits per heavy atom. The molecular formula is C17H17F2N3O4S. The number of ether oxygens (including phenoxy) is 1. The Morgan fingerprint density at radius 3 is 2.70 bits per heavy atom. The van der Waals surface area contributed by atoms with E-state index in [9.17, 15) is 23.5 Å². The van der Waals surface area contributed by atoms with E-state index in [0.29, 0.717) is 48.5 Å². The van der Waals surface area contributed by atoms with E-state index < -0.39 is 24.0 Å². The highest BCUT2D eigenvalue weighted by Gasteiger charge is 2.43. The van der Waals surface area contributed by atoms with E-state index in [1.165, 1.54) is 17.4 Å². The molecule has 10 heteroatoms. The second-order valence-corrected chi connectivity index (χ2v) is 7.73. The summed E-state index contributed by atoms with van der Waals surface area (Å²) in [5.74, 6) is -1.34. The number of amides is 1. The molecule has 4 rings (SSSR count). The number of piperidine rings is 1. The summed E-state index contributed by atoms with van der Waals surface area (Å²) in [5, 5.41) is 12.9. The van der Waals surface area contributed by atoms with Crippen LogP contribution in [0.15, 0.2) is 18.3 Å². The maximum atomic E-state index is 12.6. The van der Waals surface area contributed by atoms with Gasteiger partial charge in [-0.05, 0) is 30.5 Å². The normalized spacial score (nSPS) is 18.7. The van der Waals surface area contributed by atoms with E-state index in [2.05, 4.69) is 5.10 Å². The zero-order chi connectivity index (χ0) is 19.2. The lowest BCUT2D eigenvalue weighted by molar-refractivity contribution is -0.0927. The Morgan fingerprint density at radius 2 is 2.07 bits per heavy atom. The number of thiophene rings is 1. The molecule has 0 aromatic carbocycles. The van der Waals surface area contributed by atoms with Crippen LogP contribution in [-0.4, -0.2) is 51.4 Å². The molecule has 7 nitrogen and oxygen atoms in total. The minimum absolute atomic E-state index is 0.0137. The van der Waals surface area contributed by atoms with Crippen LogP contribution in [0.25, 0.3) is 0 Å². The molecule has 0 atom stereocenters. The predicted octanol–water partition coefficient (Wildman–Crippen LogP) is 2.74. The molecule has 4 heterocycles.